The molecule has 0 unspecified atom stereocenters. The van der Waals surface area contributed by atoms with E-state index in [1.807, 2.05) is 4.72 Å². The summed E-state index contributed by atoms with van der Waals surface area (Å²) in [6, 6.07) is 2.65. The lowest BCUT2D eigenvalue weighted by Crippen LogP contribution is -2.13. The van der Waals surface area contributed by atoms with Gasteiger partial charge in [0, 0.05) is 12.1 Å². The fourth-order valence-electron chi connectivity index (χ4n) is 0.925. The molecule has 0 heterocycles. The number of nitro benzene ring substituents is 1. The lowest BCUT2D eigenvalue weighted by atomic mass is 10.3. The van der Waals surface area contributed by atoms with Gasteiger partial charge in [-0.2, -0.15) is 4.39 Å². The SMILES string of the molecule is O=[N+]([O-])c1ccc(NS(=O)(=O)CCl)cc1F. The van der Waals surface area contributed by atoms with Crippen LogP contribution in [0.2, 0.25) is 0 Å². The minimum Gasteiger partial charge on any atom is -0.282 e. The Bertz CT molecular complexity index is 519. The summed E-state index contributed by atoms with van der Waals surface area (Å²) in [5, 5.41) is 9.59. The van der Waals surface area contributed by atoms with Gasteiger partial charge >= 0.3 is 5.69 Å². The maximum absolute atomic E-state index is 13.1. The number of hydrogen-bond acceptors (Lipinski definition) is 4. The first-order valence-electron chi connectivity index (χ1n) is 3.86. The van der Waals surface area contributed by atoms with Crippen LogP contribution in [0.25, 0.3) is 0 Å². The standard InChI is InChI=1S/C7H6ClFN2O4S/c8-4-16(14,15)10-5-1-2-7(11(12)13)6(9)3-5/h1-3,10H,4H2. The van der Waals surface area contributed by atoms with Crippen LogP contribution in [0.1, 0.15) is 0 Å². The third kappa shape index (κ3) is 3.04. The topological polar surface area (TPSA) is 89.3 Å². The van der Waals surface area contributed by atoms with Crippen LogP contribution in [0.15, 0.2) is 18.2 Å². The lowest BCUT2D eigenvalue weighted by Gasteiger charge is -2.04. The molecule has 0 atom stereocenters. The molecule has 0 radical (unpaired) electrons. The maximum Gasteiger partial charge on any atom is 0.304 e. The number of rotatable bonds is 4. The van der Waals surface area contributed by atoms with Crippen molar-refractivity contribution in [3.8, 4) is 0 Å². The van der Waals surface area contributed by atoms with E-state index in [0.29, 0.717) is 6.07 Å². The number of halogens is 2. The fourth-order valence-corrected chi connectivity index (χ4v) is 1.63. The highest BCUT2D eigenvalue weighted by Gasteiger charge is 2.15. The lowest BCUT2D eigenvalue weighted by molar-refractivity contribution is -0.387. The van der Waals surface area contributed by atoms with E-state index in [9.17, 15) is 22.9 Å². The number of sulfonamides is 1. The quantitative estimate of drug-likeness (QED) is 0.511. The molecule has 1 aromatic carbocycles. The molecule has 0 spiro atoms. The molecule has 0 fully saturated rings. The van der Waals surface area contributed by atoms with E-state index in [0.717, 1.165) is 12.1 Å². The van der Waals surface area contributed by atoms with Crippen molar-refractivity contribution in [1.82, 2.24) is 0 Å². The van der Waals surface area contributed by atoms with Gasteiger partial charge in [0.15, 0.2) is 0 Å². The highest BCUT2D eigenvalue weighted by Crippen LogP contribution is 2.21. The van der Waals surface area contributed by atoms with E-state index < -0.39 is 31.7 Å². The first-order chi connectivity index (χ1) is 7.35. The average Bonchev–Trinajstić information content (AvgIpc) is 2.16. The maximum atomic E-state index is 13.1. The second-order valence-electron chi connectivity index (χ2n) is 2.75. The van der Waals surface area contributed by atoms with Gasteiger partial charge in [0.05, 0.1) is 10.6 Å². The minimum absolute atomic E-state index is 0.122. The summed E-state index contributed by atoms with van der Waals surface area (Å²) in [6.07, 6.45) is 0. The highest BCUT2D eigenvalue weighted by molar-refractivity contribution is 7.93. The number of nitrogens with one attached hydrogen (secondary N) is 1. The van der Waals surface area contributed by atoms with E-state index in [4.69, 9.17) is 11.6 Å². The van der Waals surface area contributed by atoms with Gasteiger partial charge in [-0.1, -0.05) is 0 Å². The van der Waals surface area contributed by atoms with E-state index in [2.05, 4.69) is 0 Å². The zero-order chi connectivity index (χ0) is 12.3. The molecule has 0 saturated carbocycles. The smallest absolute Gasteiger partial charge is 0.282 e. The van der Waals surface area contributed by atoms with Gasteiger partial charge in [0.1, 0.15) is 5.21 Å². The molecule has 1 aromatic rings. The fraction of sp³-hybridized carbons (Fsp3) is 0.143. The Morgan fingerprint density at radius 3 is 2.56 bits per heavy atom. The third-order valence-corrected chi connectivity index (χ3v) is 3.26. The van der Waals surface area contributed by atoms with Gasteiger partial charge in [-0.3, -0.25) is 14.8 Å². The number of nitrogens with zero attached hydrogens (tertiary/aromatic N) is 1. The van der Waals surface area contributed by atoms with Crippen molar-refractivity contribution in [3.63, 3.8) is 0 Å². The Balaban J connectivity index is 3.03. The summed E-state index contributed by atoms with van der Waals surface area (Å²) < 4.78 is 37.0. The molecule has 0 amide bonds. The Kier molecular flexibility index (Phi) is 3.66. The third-order valence-electron chi connectivity index (χ3n) is 1.56. The molecule has 0 saturated heterocycles. The zero-order valence-corrected chi connectivity index (χ0v) is 9.26. The van der Waals surface area contributed by atoms with Crippen LogP contribution in [0, 0.1) is 15.9 Å². The number of nitro groups is 1. The second-order valence-corrected chi connectivity index (χ2v) is 5.06. The summed E-state index contributed by atoms with van der Waals surface area (Å²) in [5.41, 5.74) is -0.849. The Morgan fingerprint density at radius 1 is 1.50 bits per heavy atom. The van der Waals surface area contributed by atoms with Gasteiger partial charge in [-0.15, -0.1) is 11.6 Å². The Hall–Kier alpha value is -1.41. The monoisotopic (exact) mass is 268 g/mol. The van der Waals surface area contributed by atoms with Gasteiger partial charge in [0.2, 0.25) is 15.8 Å². The predicted octanol–water partition coefficient (Wildman–Crippen LogP) is 1.67. The molecular formula is C7H6ClFN2O4S. The molecule has 6 nitrogen and oxygen atoms in total. The van der Waals surface area contributed by atoms with Crippen molar-refractivity contribution in [3.05, 3.63) is 34.1 Å². The predicted molar refractivity (Wildman–Crippen MR) is 56.3 cm³/mol. The van der Waals surface area contributed by atoms with E-state index in [1.54, 1.807) is 0 Å². The molecule has 16 heavy (non-hydrogen) atoms. The zero-order valence-electron chi connectivity index (χ0n) is 7.68. The highest BCUT2D eigenvalue weighted by atomic mass is 35.5. The van der Waals surface area contributed by atoms with E-state index >= 15 is 0 Å². The van der Waals surface area contributed by atoms with E-state index in [1.165, 1.54) is 0 Å². The first kappa shape index (κ1) is 12.7. The average molecular weight is 269 g/mol. The molecule has 0 aliphatic heterocycles. The number of hydrogen-bond donors (Lipinski definition) is 1. The summed E-state index contributed by atoms with van der Waals surface area (Å²) in [6.45, 7) is 0. The van der Waals surface area contributed by atoms with Crippen LogP contribution in [0.3, 0.4) is 0 Å². The molecule has 9 heteroatoms. The van der Waals surface area contributed by atoms with Gasteiger partial charge in [-0.25, -0.2) is 8.42 Å². The van der Waals surface area contributed by atoms with Gasteiger partial charge in [0.25, 0.3) is 0 Å². The first-order valence-corrected chi connectivity index (χ1v) is 6.05. The minimum atomic E-state index is -3.74. The van der Waals surface area contributed by atoms with Crippen LogP contribution in [-0.4, -0.2) is 18.6 Å². The van der Waals surface area contributed by atoms with Crippen molar-refractivity contribution < 1.29 is 17.7 Å². The molecule has 0 aliphatic rings. The molecule has 0 aromatic heterocycles. The van der Waals surface area contributed by atoms with Crippen molar-refractivity contribution in [2.45, 2.75) is 0 Å². The number of alkyl halides is 1. The van der Waals surface area contributed by atoms with Crippen LogP contribution in [0.4, 0.5) is 15.8 Å². The molecular weight excluding hydrogens is 263 g/mol. The number of benzene rings is 1. The van der Waals surface area contributed by atoms with Crippen LogP contribution in [-0.2, 0) is 10.0 Å². The largest absolute Gasteiger partial charge is 0.304 e. The molecule has 1 N–H and O–H groups in total. The normalized spacial score (nSPS) is 11.1. The summed E-state index contributed by atoms with van der Waals surface area (Å²) in [5.74, 6) is -1.13. The summed E-state index contributed by atoms with van der Waals surface area (Å²) in [4.78, 5) is 9.37. The van der Waals surface area contributed by atoms with E-state index in [-0.39, 0.29) is 5.69 Å². The van der Waals surface area contributed by atoms with Crippen molar-refractivity contribution in [1.29, 1.82) is 0 Å². The summed E-state index contributed by atoms with van der Waals surface area (Å²) >= 11 is 5.11. The number of anilines is 1. The van der Waals surface area contributed by atoms with Gasteiger partial charge < -0.3 is 0 Å². The molecule has 1 rings (SSSR count). The van der Waals surface area contributed by atoms with Crippen LogP contribution >= 0.6 is 11.6 Å². The van der Waals surface area contributed by atoms with Crippen LogP contribution in [0.5, 0.6) is 0 Å². The molecule has 0 aliphatic carbocycles. The molecule has 88 valence electrons. The Morgan fingerprint density at radius 2 is 2.12 bits per heavy atom. The molecule has 0 bridgehead atoms. The second kappa shape index (κ2) is 4.62. The summed E-state index contributed by atoms with van der Waals surface area (Å²) in [7, 11) is -3.74. The Labute approximate surface area is 95.2 Å². The van der Waals surface area contributed by atoms with Gasteiger partial charge in [-0.05, 0) is 6.07 Å². The van der Waals surface area contributed by atoms with Crippen molar-refractivity contribution in [2.24, 2.45) is 0 Å². The van der Waals surface area contributed by atoms with Crippen molar-refractivity contribution in [2.75, 3.05) is 9.93 Å². The van der Waals surface area contributed by atoms with Crippen molar-refractivity contribution >= 4 is 33.0 Å². The van der Waals surface area contributed by atoms with Crippen LogP contribution < -0.4 is 4.72 Å².